The Morgan fingerprint density at radius 1 is 1.44 bits per heavy atom. The molecule has 0 aliphatic rings. The van der Waals surface area contributed by atoms with Crippen LogP contribution in [0.25, 0.3) is 0 Å². The fourth-order valence-electron chi connectivity index (χ4n) is 1.80. The van der Waals surface area contributed by atoms with Gasteiger partial charge in [-0.1, -0.05) is 26.0 Å². The number of hydrogen-bond donors (Lipinski definition) is 1. The molecule has 0 aromatic heterocycles. The van der Waals surface area contributed by atoms with Gasteiger partial charge in [0, 0.05) is 19.7 Å². The van der Waals surface area contributed by atoms with Gasteiger partial charge in [-0.15, -0.1) is 0 Å². The van der Waals surface area contributed by atoms with Gasteiger partial charge in [-0.25, -0.2) is 4.79 Å². The monoisotopic (exact) mass is 250 g/mol. The summed E-state index contributed by atoms with van der Waals surface area (Å²) in [5.41, 5.74) is 2.27. The average Bonchev–Trinajstić information content (AvgIpc) is 2.37. The predicted molar refractivity (Wildman–Crippen MR) is 73.0 cm³/mol. The molecule has 100 valence electrons. The van der Waals surface area contributed by atoms with E-state index in [0.717, 1.165) is 11.3 Å². The summed E-state index contributed by atoms with van der Waals surface area (Å²) in [5.74, 6) is 1.27. The van der Waals surface area contributed by atoms with E-state index in [-0.39, 0.29) is 6.03 Å². The van der Waals surface area contributed by atoms with Crippen molar-refractivity contribution in [3.63, 3.8) is 0 Å². The average molecular weight is 250 g/mol. The zero-order valence-corrected chi connectivity index (χ0v) is 11.8. The molecule has 0 saturated heterocycles. The number of nitrogens with zero attached hydrogens (tertiary/aromatic N) is 1. The van der Waals surface area contributed by atoms with Gasteiger partial charge in [0.1, 0.15) is 5.75 Å². The van der Waals surface area contributed by atoms with Crippen molar-refractivity contribution in [1.82, 2.24) is 10.2 Å². The van der Waals surface area contributed by atoms with Crippen molar-refractivity contribution in [2.45, 2.75) is 26.3 Å². The third-order valence-electron chi connectivity index (χ3n) is 2.94. The first-order chi connectivity index (χ1) is 8.49. The molecule has 0 heterocycles. The van der Waals surface area contributed by atoms with Gasteiger partial charge in [-0.3, -0.25) is 0 Å². The molecule has 18 heavy (non-hydrogen) atoms. The fourth-order valence-corrected chi connectivity index (χ4v) is 1.80. The van der Waals surface area contributed by atoms with Crippen molar-refractivity contribution in [2.24, 2.45) is 0 Å². The Morgan fingerprint density at radius 2 is 2.11 bits per heavy atom. The van der Waals surface area contributed by atoms with Gasteiger partial charge in [-0.2, -0.15) is 0 Å². The highest BCUT2D eigenvalue weighted by Gasteiger charge is 2.12. The van der Waals surface area contributed by atoms with Gasteiger partial charge in [0.2, 0.25) is 0 Å². The number of ether oxygens (including phenoxy) is 1. The van der Waals surface area contributed by atoms with Crippen molar-refractivity contribution in [1.29, 1.82) is 0 Å². The third-order valence-corrected chi connectivity index (χ3v) is 2.94. The molecule has 1 aromatic rings. The number of urea groups is 1. The smallest absolute Gasteiger partial charge is 0.317 e. The van der Waals surface area contributed by atoms with Gasteiger partial charge >= 0.3 is 6.03 Å². The number of carbonyl (C=O) groups excluding carboxylic acids is 1. The van der Waals surface area contributed by atoms with Crippen LogP contribution in [0.1, 0.15) is 30.9 Å². The number of benzene rings is 1. The highest BCUT2D eigenvalue weighted by atomic mass is 16.5. The highest BCUT2D eigenvalue weighted by molar-refractivity contribution is 5.73. The van der Waals surface area contributed by atoms with Gasteiger partial charge in [0.25, 0.3) is 0 Å². The minimum atomic E-state index is -0.105. The van der Waals surface area contributed by atoms with E-state index in [1.54, 1.807) is 26.1 Å². The van der Waals surface area contributed by atoms with Crippen LogP contribution in [-0.2, 0) is 6.54 Å². The third kappa shape index (κ3) is 3.39. The van der Waals surface area contributed by atoms with E-state index >= 15 is 0 Å². The lowest BCUT2D eigenvalue weighted by molar-refractivity contribution is 0.208. The first kappa shape index (κ1) is 14.4. The van der Waals surface area contributed by atoms with Crippen LogP contribution in [0.4, 0.5) is 4.79 Å². The standard InChI is InChI=1S/C14H22N2O2/c1-10(2)11-6-7-13(18-5)12(8-11)9-16(4)14(17)15-3/h6-8,10H,9H2,1-5H3,(H,15,17). The molecule has 1 N–H and O–H groups in total. The molecule has 0 unspecified atom stereocenters. The zero-order valence-electron chi connectivity index (χ0n) is 11.8. The molecule has 0 aliphatic carbocycles. The first-order valence-corrected chi connectivity index (χ1v) is 6.09. The normalized spacial score (nSPS) is 10.3. The van der Waals surface area contributed by atoms with E-state index in [1.807, 2.05) is 6.07 Å². The summed E-state index contributed by atoms with van der Waals surface area (Å²) in [6.45, 7) is 4.82. The van der Waals surface area contributed by atoms with E-state index in [0.29, 0.717) is 12.5 Å². The Bertz CT molecular complexity index is 416. The largest absolute Gasteiger partial charge is 0.496 e. The number of amides is 2. The zero-order chi connectivity index (χ0) is 13.7. The van der Waals surface area contributed by atoms with Gasteiger partial charge < -0.3 is 15.0 Å². The minimum Gasteiger partial charge on any atom is -0.496 e. The lowest BCUT2D eigenvalue weighted by Crippen LogP contribution is -2.34. The Kier molecular flexibility index (Phi) is 5.01. The molecule has 0 bridgehead atoms. The van der Waals surface area contributed by atoms with Gasteiger partial charge in [0.05, 0.1) is 13.7 Å². The summed E-state index contributed by atoms with van der Waals surface area (Å²) in [6, 6.07) is 6.02. The number of nitrogens with one attached hydrogen (secondary N) is 1. The topological polar surface area (TPSA) is 41.6 Å². The Labute approximate surface area is 109 Å². The van der Waals surface area contributed by atoms with Crippen LogP contribution < -0.4 is 10.1 Å². The molecule has 4 heteroatoms. The van der Waals surface area contributed by atoms with E-state index in [9.17, 15) is 4.79 Å². The predicted octanol–water partition coefficient (Wildman–Crippen LogP) is 2.59. The molecule has 1 aromatic carbocycles. The highest BCUT2D eigenvalue weighted by Crippen LogP contribution is 2.25. The van der Waals surface area contributed by atoms with E-state index in [4.69, 9.17) is 4.74 Å². The van der Waals surface area contributed by atoms with Crippen LogP contribution in [-0.4, -0.2) is 32.1 Å². The van der Waals surface area contributed by atoms with Gasteiger partial charge in [0.15, 0.2) is 0 Å². The number of methoxy groups -OCH3 is 1. The van der Waals surface area contributed by atoms with Crippen LogP contribution in [0.2, 0.25) is 0 Å². The van der Waals surface area contributed by atoms with Crippen molar-refractivity contribution >= 4 is 6.03 Å². The summed E-state index contributed by atoms with van der Waals surface area (Å²) < 4.78 is 5.34. The molecule has 0 spiro atoms. The molecule has 0 atom stereocenters. The molecule has 0 saturated carbocycles. The van der Waals surface area contributed by atoms with E-state index in [1.165, 1.54) is 5.56 Å². The van der Waals surface area contributed by atoms with Crippen LogP contribution in [0.5, 0.6) is 5.75 Å². The van der Waals surface area contributed by atoms with Crippen LogP contribution >= 0.6 is 0 Å². The van der Waals surface area contributed by atoms with Crippen LogP contribution in [0.3, 0.4) is 0 Å². The van der Waals surface area contributed by atoms with E-state index < -0.39 is 0 Å². The van der Waals surface area contributed by atoms with Crippen molar-refractivity contribution < 1.29 is 9.53 Å². The maximum absolute atomic E-state index is 11.5. The van der Waals surface area contributed by atoms with E-state index in [2.05, 4.69) is 31.3 Å². The summed E-state index contributed by atoms with van der Waals surface area (Å²) in [4.78, 5) is 13.1. The number of carbonyl (C=O) groups is 1. The van der Waals surface area contributed by atoms with Crippen molar-refractivity contribution in [3.8, 4) is 5.75 Å². The second-order valence-corrected chi connectivity index (χ2v) is 4.64. The lowest BCUT2D eigenvalue weighted by atomic mass is 10.00. The number of rotatable bonds is 4. The Balaban J connectivity index is 2.97. The minimum absolute atomic E-state index is 0.105. The molecular weight excluding hydrogens is 228 g/mol. The maximum atomic E-state index is 11.5. The molecule has 4 nitrogen and oxygen atoms in total. The molecule has 0 fully saturated rings. The quantitative estimate of drug-likeness (QED) is 0.892. The summed E-state index contributed by atoms with van der Waals surface area (Å²) in [6.07, 6.45) is 0. The summed E-state index contributed by atoms with van der Waals surface area (Å²) >= 11 is 0. The fraction of sp³-hybridized carbons (Fsp3) is 0.500. The lowest BCUT2D eigenvalue weighted by Gasteiger charge is -2.19. The molecule has 2 amide bonds. The molecule has 1 rings (SSSR count). The van der Waals surface area contributed by atoms with Crippen LogP contribution in [0.15, 0.2) is 18.2 Å². The molecule has 0 aliphatic heterocycles. The molecular formula is C14H22N2O2. The molecule has 0 radical (unpaired) electrons. The second kappa shape index (κ2) is 6.28. The summed E-state index contributed by atoms with van der Waals surface area (Å²) in [5, 5.41) is 2.61. The van der Waals surface area contributed by atoms with Crippen molar-refractivity contribution in [3.05, 3.63) is 29.3 Å². The van der Waals surface area contributed by atoms with Crippen molar-refractivity contribution in [2.75, 3.05) is 21.2 Å². The SMILES string of the molecule is CNC(=O)N(C)Cc1cc(C(C)C)ccc1OC. The Hall–Kier alpha value is -1.71. The maximum Gasteiger partial charge on any atom is 0.317 e. The first-order valence-electron chi connectivity index (χ1n) is 6.09. The number of hydrogen-bond acceptors (Lipinski definition) is 2. The van der Waals surface area contributed by atoms with Gasteiger partial charge in [-0.05, 0) is 17.5 Å². The summed E-state index contributed by atoms with van der Waals surface area (Å²) in [7, 11) is 5.04. The second-order valence-electron chi connectivity index (χ2n) is 4.64. The Morgan fingerprint density at radius 3 is 2.61 bits per heavy atom. The van der Waals surface area contributed by atoms with Crippen LogP contribution in [0, 0.1) is 0 Å².